The van der Waals surface area contributed by atoms with E-state index in [9.17, 15) is 9.59 Å². The van der Waals surface area contributed by atoms with Gasteiger partial charge in [0.1, 0.15) is 0 Å². The second-order valence-electron chi connectivity index (χ2n) is 4.71. The average molecular weight is 303 g/mol. The molecule has 1 heterocycles. The quantitative estimate of drug-likeness (QED) is 0.834. The predicted octanol–water partition coefficient (Wildman–Crippen LogP) is 3.17. The number of carbonyl (C=O) groups excluding carboxylic acids is 2. The molecule has 0 saturated carbocycles. The smallest absolute Gasteiger partial charge is 0.306 e. The Kier molecular flexibility index (Phi) is 5.51. The molecule has 0 bridgehead atoms. The second-order valence-corrected chi connectivity index (χ2v) is 5.49. The van der Waals surface area contributed by atoms with Crippen LogP contribution in [0.3, 0.4) is 0 Å². The summed E-state index contributed by atoms with van der Waals surface area (Å²) in [7, 11) is 0. The third-order valence-corrected chi connectivity index (χ3v) is 3.60. The molecule has 2 aromatic rings. The Morgan fingerprint density at radius 2 is 2.14 bits per heavy atom. The lowest BCUT2D eigenvalue weighted by Gasteiger charge is -2.07. The van der Waals surface area contributed by atoms with Gasteiger partial charge in [0.25, 0.3) is 5.91 Å². The fourth-order valence-electron chi connectivity index (χ4n) is 1.82. The van der Waals surface area contributed by atoms with E-state index in [1.807, 2.05) is 41.9 Å². The number of rotatable bonds is 6. The highest BCUT2D eigenvalue weighted by Gasteiger charge is 2.08. The van der Waals surface area contributed by atoms with E-state index in [1.54, 1.807) is 17.4 Å². The Bertz CT molecular complexity index is 608. The van der Waals surface area contributed by atoms with Gasteiger partial charge in [-0.1, -0.05) is 12.1 Å². The lowest BCUT2D eigenvalue weighted by atomic mass is 10.2. The van der Waals surface area contributed by atoms with E-state index in [2.05, 4.69) is 5.32 Å². The molecule has 0 unspecified atom stereocenters. The summed E-state index contributed by atoms with van der Waals surface area (Å²) in [6.07, 6.45) is 0.927. The van der Waals surface area contributed by atoms with Crippen LogP contribution in [0.2, 0.25) is 0 Å². The van der Waals surface area contributed by atoms with Crippen LogP contribution in [0.5, 0.6) is 0 Å². The average Bonchev–Trinajstić information content (AvgIpc) is 2.96. The molecular formula is C16H17NO3S. The van der Waals surface area contributed by atoms with Gasteiger partial charge in [-0.15, -0.1) is 0 Å². The first kappa shape index (κ1) is 15.3. The number of hydrogen-bond donors (Lipinski definition) is 1. The lowest BCUT2D eigenvalue weighted by molar-refractivity contribution is -0.147. The molecule has 0 aliphatic rings. The van der Waals surface area contributed by atoms with Crippen molar-refractivity contribution in [3.05, 3.63) is 52.2 Å². The van der Waals surface area contributed by atoms with Crippen molar-refractivity contribution in [2.75, 3.05) is 11.9 Å². The van der Waals surface area contributed by atoms with E-state index in [1.165, 1.54) is 0 Å². The third-order valence-electron chi connectivity index (χ3n) is 2.86. The van der Waals surface area contributed by atoms with Gasteiger partial charge in [0.15, 0.2) is 6.61 Å². The van der Waals surface area contributed by atoms with Crippen LogP contribution in [-0.2, 0) is 20.7 Å². The summed E-state index contributed by atoms with van der Waals surface area (Å²) in [5.41, 5.74) is 2.87. The molecule has 4 nitrogen and oxygen atoms in total. The van der Waals surface area contributed by atoms with Gasteiger partial charge in [-0.3, -0.25) is 9.59 Å². The van der Waals surface area contributed by atoms with Gasteiger partial charge in [0.2, 0.25) is 0 Å². The van der Waals surface area contributed by atoms with Crippen molar-refractivity contribution >= 4 is 28.9 Å². The molecule has 0 aliphatic heterocycles. The minimum Gasteiger partial charge on any atom is -0.456 e. The predicted molar refractivity (Wildman–Crippen MR) is 83.4 cm³/mol. The van der Waals surface area contributed by atoms with Crippen molar-refractivity contribution in [2.45, 2.75) is 19.8 Å². The van der Waals surface area contributed by atoms with E-state index in [0.717, 1.165) is 11.1 Å². The van der Waals surface area contributed by atoms with Gasteiger partial charge in [0, 0.05) is 12.1 Å². The maximum atomic E-state index is 11.7. The fourth-order valence-corrected chi connectivity index (χ4v) is 2.52. The highest BCUT2D eigenvalue weighted by Crippen LogP contribution is 2.10. The number of benzene rings is 1. The van der Waals surface area contributed by atoms with Crippen LogP contribution in [0.15, 0.2) is 41.1 Å². The Morgan fingerprint density at radius 1 is 1.29 bits per heavy atom. The zero-order valence-corrected chi connectivity index (χ0v) is 12.6. The molecule has 5 heteroatoms. The largest absolute Gasteiger partial charge is 0.456 e. The fraction of sp³-hybridized carbons (Fsp3) is 0.250. The molecule has 0 atom stereocenters. The molecule has 1 aromatic heterocycles. The van der Waals surface area contributed by atoms with Crippen molar-refractivity contribution in [3.8, 4) is 0 Å². The SMILES string of the molecule is Cc1cccc(NC(=O)COC(=O)CCc2ccsc2)c1. The molecule has 0 radical (unpaired) electrons. The maximum Gasteiger partial charge on any atom is 0.306 e. The van der Waals surface area contributed by atoms with Crippen LogP contribution in [-0.4, -0.2) is 18.5 Å². The Balaban J connectivity index is 1.69. The first-order chi connectivity index (χ1) is 10.1. The molecule has 0 aliphatic carbocycles. The minimum absolute atomic E-state index is 0.254. The Morgan fingerprint density at radius 3 is 2.86 bits per heavy atom. The lowest BCUT2D eigenvalue weighted by Crippen LogP contribution is -2.21. The highest BCUT2D eigenvalue weighted by molar-refractivity contribution is 7.07. The summed E-state index contributed by atoms with van der Waals surface area (Å²) in [6.45, 7) is 1.69. The Hall–Kier alpha value is -2.14. The maximum absolute atomic E-state index is 11.7. The highest BCUT2D eigenvalue weighted by atomic mass is 32.1. The van der Waals surface area contributed by atoms with Gasteiger partial charge in [-0.05, 0) is 53.4 Å². The van der Waals surface area contributed by atoms with Gasteiger partial charge >= 0.3 is 5.97 Å². The topological polar surface area (TPSA) is 55.4 Å². The van der Waals surface area contributed by atoms with Crippen LogP contribution in [0, 0.1) is 6.92 Å². The van der Waals surface area contributed by atoms with Crippen LogP contribution in [0.1, 0.15) is 17.5 Å². The van der Waals surface area contributed by atoms with Gasteiger partial charge < -0.3 is 10.1 Å². The van der Waals surface area contributed by atoms with Crippen LogP contribution >= 0.6 is 11.3 Å². The zero-order chi connectivity index (χ0) is 15.1. The summed E-state index contributed by atoms with van der Waals surface area (Å²) < 4.78 is 4.96. The number of thiophene rings is 1. The molecule has 21 heavy (non-hydrogen) atoms. The zero-order valence-electron chi connectivity index (χ0n) is 11.8. The van der Waals surface area contributed by atoms with Gasteiger partial charge in [0.05, 0.1) is 0 Å². The molecular weight excluding hydrogens is 286 g/mol. The molecule has 2 rings (SSSR count). The Labute approximate surface area is 127 Å². The number of esters is 1. The van der Waals surface area contributed by atoms with Crippen molar-refractivity contribution in [3.63, 3.8) is 0 Å². The summed E-state index contributed by atoms with van der Waals surface area (Å²) in [5, 5.41) is 6.66. The minimum atomic E-state index is -0.361. The number of ether oxygens (including phenoxy) is 1. The monoisotopic (exact) mass is 303 g/mol. The second kappa shape index (κ2) is 7.59. The standard InChI is InChI=1S/C16H17NO3S/c1-12-3-2-4-14(9-12)17-15(18)10-20-16(19)6-5-13-7-8-21-11-13/h2-4,7-9,11H,5-6,10H2,1H3,(H,17,18). The number of amides is 1. The molecule has 110 valence electrons. The number of anilines is 1. The first-order valence-electron chi connectivity index (χ1n) is 6.67. The van der Waals surface area contributed by atoms with Crippen molar-refractivity contribution in [1.82, 2.24) is 0 Å². The normalized spacial score (nSPS) is 10.1. The summed E-state index contributed by atoms with van der Waals surface area (Å²) in [4.78, 5) is 23.2. The van der Waals surface area contributed by atoms with Gasteiger partial charge in [-0.2, -0.15) is 11.3 Å². The van der Waals surface area contributed by atoms with Crippen molar-refractivity contribution < 1.29 is 14.3 Å². The molecule has 0 saturated heterocycles. The van der Waals surface area contributed by atoms with E-state index in [0.29, 0.717) is 12.1 Å². The van der Waals surface area contributed by atoms with Crippen LogP contribution in [0.25, 0.3) is 0 Å². The molecule has 1 N–H and O–H groups in total. The number of hydrogen-bond acceptors (Lipinski definition) is 4. The molecule has 0 fully saturated rings. The van der Waals surface area contributed by atoms with E-state index in [-0.39, 0.29) is 24.9 Å². The molecule has 1 amide bonds. The first-order valence-corrected chi connectivity index (χ1v) is 7.61. The third kappa shape index (κ3) is 5.39. The van der Waals surface area contributed by atoms with Gasteiger partial charge in [-0.25, -0.2) is 0 Å². The van der Waals surface area contributed by atoms with Crippen LogP contribution < -0.4 is 5.32 Å². The van der Waals surface area contributed by atoms with Crippen molar-refractivity contribution in [1.29, 1.82) is 0 Å². The van der Waals surface area contributed by atoms with Crippen LogP contribution in [0.4, 0.5) is 5.69 Å². The number of aryl methyl sites for hydroxylation is 2. The van der Waals surface area contributed by atoms with E-state index < -0.39 is 0 Å². The summed E-state index contributed by atoms with van der Waals surface area (Å²) in [6, 6.07) is 9.43. The van der Waals surface area contributed by atoms with E-state index in [4.69, 9.17) is 4.74 Å². The number of nitrogens with one attached hydrogen (secondary N) is 1. The summed E-state index contributed by atoms with van der Waals surface area (Å²) in [5.74, 6) is -0.690. The number of carbonyl (C=O) groups is 2. The molecule has 1 aromatic carbocycles. The summed E-state index contributed by atoms with van der Waals surface area (Å²) >= 11 is 1.60. The van der Waals surface area contributed by atoms with Crippen molar-refractivity contribution in [2.24, 2.45) is 0 Å². The molecule has 0 spiro atoms. The van der Waals surface area contributed by atoms with E-state index >= 15 is 0 Å².